The van der Waals surface area contributed by atoms with Crippen molar-refractivity contribution in [3.8, 4) is 12.3 Å². The van der Waals surface area contributed by atoms with Gasteiger partial charge in [0.15, 0.2) is 0 Å². The zero-order chi connectivity index (χ0) is 10.2. The van der Waals surface area contributed by atoms with Gasteiger partial charge >= 0.3 is 0 Å². The van der Waals surface area contributed by atoms with Crippen molar-refractivity contribution < 1.29 is 9.84 Å². The first kappa shape index (κ1) is 11.5. The smallest absolute Gasteiger partial charge is 0.107 e. The topological polar surface area (TPSA) is 44.7 Å². The number of terminal acetylenes is 1. The van der Waals surface area contributed by atoms with E-state index in [0.29, 0.717) is 13.2 Å². The fourth-order valence-corrected chi connectivity index (χ4v) is 1.50. The molecule has 0 aliphatic carbocycles. The molecule has 1 fully saturated rings. The summed E-state index contributed by atoms with van der Waals surface area (Å²) in [6.45, 7) is 5.26. The molecule has 1 aliphatic rings. The normalized spacial score (nSPS) is 20.3. The van der Waals surface area contributed by atoms with E-state index in [2.05, 4.69) is 16.1 Å². The van der Waals surface area contributed by atoms with E-state index in [-0.39, 0.29) is 6.61 Å². The number of hydrogen-bond donors (Lipinski definition) is 2. The van der Waals surface area contributed by atoms with Gasteiger partial charge in [0, 0.05) is 32.7 Å². The number of aliphatic hydroxyl groups excluding tert-OH is 1. The first-order valence-electron chi connectivity index (χ1n) is 4.95. The Labute approximate surface area is 85.2 Å². The number of rotatable bonds is 5. The van der Waals surface area contributed by atoms with Crippen LogP contribution in [-0.4, -0.2) is 62.0 Å². The first-order chi connectivity index (χ1) is 6.83. The van der Waals surface area contributed by atoms with Crippen molar-refractivity contribution >= 4 is 0 Å². The van der Waals surface area contributed by atoms with E-state index in [4.69, 9.17) is 11.2 Å². The Morgan fingerprint density at radius 3 is 2.86 bits per heavy atom. The van der Waals surface area contributed by atoms with E-state index < -0.39 is 6.10 Å². The van der Waals surface area contributed by atoms with Crippen LogP contribution in [-0.2, 0) is 4.74 Å². The Kier molecular flexibility index (Phi) is 5.57. The third kappa shape index (κ3) is 4.58. The van der Waals surface area contributed by atoms with Crippen molar-refractivity contribution in [1.29, 1.82) is 0 Å². The van der Waals surface area contributed by atoms with Gasteiger partial charge in [-0.1, -0.05) is 5.92 Å². The Bertz CT molecular complexity index is 185. The summed E-state index contributed by atoms with van der Waals surface area (Å²) in [7, 11) is 0. The lowest BCUT2D eigenvalue weighted by Crippen LogP contribution is -2.47. The van der Waals surface area contributed by atoms with Gasteiger partial charge in [0.05, 0.1) is 12.7 Å². The van der Waals surface area contributed by atoms with Crippen molar-refractivity contribution in [1.82, 2.24) is 10.2 Å². The maximum absolute atomic E-state index is 9.57. The average Bonchev–Trinajstić information content (AvgIpc) is 2.20. The van der Waals surface area contributed by atoms with Crippen LogP contribution in [0, 0.1) is 12.3 Å². The molecule has 80 valence electrons. The van der Waals surface area contributed by atoms with Crippen LogP contribution in [0.25, 0.3) is 0 Å². The highest BCUT2D eigenvalue weighted by atomic mass is 16.5. The molecule has 1 unspecified atom stereocenters. The summed E-state index contributed by atoms with van der Waals surface area (Å²) in [5.41, 5.74) is 0. The van der Waals surface area contributed by atoms with Crippen molar-refractivity contribution in [3.05, 3.63) is 0 Å². The van der Waals surface area contributed by atoms with Gasteiger partial charge in [-0.05, 0) is 0 Å². The zero-order valence-electron chi connectivity index (χ0n) is 8.41. The van der Waals surface area contributed by atoms with E-state index in [1.165, 1.54) is 0 Å². The molecule has 0 saturated carbocycles. The standard InChI is InChI=1S/C10H18N2O2/c1-2-7-14-9-10(13)8-12-5-3-11-4-6-12/h1,10-11,13H,3-9H2. The second kappa shape index (κ2) is 6.80. The molecule has 1 saturated heterocycles. The fourth-order valence-electron chi connectivity index (χ4n) is 1.50. The van der Waals surface area contributed by atoms with Crippen molar-refractivity contribution in [3.63, 3.8) is 0 Å². The maximum Gasteiger partial charge on any atom is 0.107 e. The lowest BCUT2D eigenvalue weighted by atomic mass is 10.3. The molecule has 14 heavy (non-hydrogen) atoms. The summed E-state index contributed by atoms with van der Waals surface area (Å²) in [6, 6.07) is 0. The SMILES string of the molecule is C#CCOCC(O)CN1CCNCC1. The lowest BCUT2D eigenvalue weighted by Gasteiger charge is -2.28. The second-order valence-corrected chi connectivity index (χ2v) is 3.42. The number of piperazine rings is 1. The molecule has 1 heterocycles. The summed E-state index contributed by atoms with van der Waals surface area (Å²) >= 11 is 0. The Balaban J connectivity index is 2.06. The van der Waals surface area contributed by atoms with Crippen LogP contribution in [0.4, 0.5) is 0 Å². The molecule has 2 N–H and O–H groups in total. The number of nitrogens with one attached hydrogen (secondary N) is 1. The Morgan fingerprint density at radius 2 is 2.21 bits per heavy atom. The molecule has 1 aliphatic heterocycles. The molecular formula is C10H18N2O2. The number of ether oxygens (including phenoxy) is 1. The molecule has 0 radical (unpaired) electrons. The maximum atomic E-state index is 9.57. The number of nitrogens with zero attached hydrogens (tertiary/aromatic N) is 1. The highest BCUT2D eigenvalue weighted by Gasteiger charge is 2.13. The van der Waals surface area contributed by atoms with Gasteiger partial charge in [-0.3, -0.25) is 4.90 Å². The van der Waals surface area contributed by atoms with Crippen LogP contribution in [0.5, 0.6) is 0 Å². The molecule has 0 spiro atoms. The van der Waals surface area contributed by atoms with Crippen LogP contribution in [0.1, 0.15) is 0 Å². The van der Waals surface area contributed by atoms with Crippen molar-refractivity contribution in [2.45, 2.75) is 6.10 Å². The Morgan fingerprint density at radius 1 is 1.50 bits per heavy atom. The van der Waals surface area contributed by atoms with Crippen LogP contribution >= 0.6 is 0 Å². The minimum absolute atomic E-state index is 0.276. The first-order valence-corrected chi connectivity index (χ1v) is 4.95. The zero-order valence-corrected chi connectivity index (χ0v) is 8.41. The fraction of sp³-hybridized carbons (Fsp3) is 0.800. The summed E-state index contributed by atoms with van der Waals surface area (Å²) in [4.78, 5) is 2.22. The van der Waals surface area contributed by atoms with Crippen molar-refractivity contribution in [2.24, 2.45) is 0 Å². The van der Waals surface area contributed by atoms with Crippen LogP contribution in [0.3, 0.4) is 0 Å². The molecule has 0 aromatic carbocycles. The molecule has 0 aromatic rings. The lowest BCUT2D eigenvalue weighted by molar-refractivity contribution is 0.0255. The van der Waals surface area contributed by atoms with E-state index in [1.54, 1.807) is 0 Å². The minimum atomic E-state index is -0.429. The van der Waals surface area contributed by atoms with Gasteiger partial charge < -0.3 is 15.2 Å². The van der Waals surface area contributed by atoms with Gasteiger partial charge in [0.2, 0.25) is 0 Å². The van der Waals surface area contributed by atoms with E-state index in [1.807, 2.05) is 0 Å². The molecule has 4 heteroatoms. The average molecular weight is 198 g/mol. The van der Waals surface area contributed by atoms with Crippen LogP contribution in [0.15, 0.2) is 0 Å². The summed E-state index contributed by atoms with van der Waals surface area (Å²) in [5.74, 6) is 2.37. The highest BCUT2D eigenvalue weighted by molar-refractivity contribution is 4.83. The highest BCUT2D eigenvalue weighted by Crippen LogP contribution is 1.95. The molecule has 0 bridgehead atoms. The molecular weight excluding hydrogens is 180 g/mol. The monoisotopic (exact) mass is 198 g/mol. The van der Waals surface area contributed by atoms with Crippen molar-refractivity contribution in [2.75, 3.05) is 45.9 Å². The van der Waals surface area contributed by atoms with Gasteiger partial charge in [-0.2, -0.15) is 0 Å². The van der Waals surface area contributed by atoms with Gasteiger partial charge in [0.1, 0.15) is 6.61 Å². The third-order valence-electron chi connectivity index (χ3n) is 2.17. The van der Waals surface area contributed by atoms with E-state index in [9.17, 15) is 5.11 Å². The van der Waals surface area contributed by atoms with Gasteiger partial charge in [-0.15, -0.1) is 6.42 Å². The molecule has 1 atom stereocenters. The third-order valence-corrected chi connectivity index (χ3v) is 2.17. The molecule has 0 amide bonds. The van der Waals surface area contributed by atoms with E-state index >= 15 is 0 Å². The van der Waals surface area contributed by atoms with E-state index in [0.717, 1.165) is 26.2 Å². The molecule has 0 aromatic heterocycles. The Hall–Kier alpha value is -0.600. The summed E-state index contributed by atoms with van der Waals surface area (Å²) < 4.78 is 5.06. The summed E-state index contributed by atoms with van der Waals surface area (Å²) in [5, 5.41) is 12.8. The quantitative estimate of drug-likeness (QED) is 0.435. The predicted octanol–water partition coefficient (Wildman–Crippen LogP) is -1.10. The van der Waals surface area contributed by atoms with Gasteiger partial charge in [-0.25, -0.2) is 0 Å². The molecule has 1 rings (SSSR count). The number of hydrogen-bond acceptors (Lipinski definition) is 4. The van der Waals surface area contributed by atoms with Crippen LogP contribution < -0.4 is 5.32 Å². The number of β-amino-alcohol motifs (C(OH)–C–C–N with tert-alkyl or cyclic N) is 1. The van der Waals surface area contributed by atoms with Gasteiger partial charge in [0.25, 0.3) is 0 Å². The largest absolute Gasteiger partial charge is 0.389 e. The number of aliphatic hydroxyl groups is 1. The summed E-state index contributed by atoms with van der Waals surface area (Å²) in [6.07, 6.45) is 4.59. The molecule has 4 nitrogen and oxygen atoms in total. The van der Waals surface area contributed by atoms with Crippen LogP contribution in [0.2, 0.25) is 0 Å². The second-order valence-electron chi connectivity index (χ2n) is 3.42. The predicted molar refractivity (Wildman–Crippen MR) is 55.0 cm³/mol. The minimum Gasteiger partial charge on any atom is -0.389 e.